The molecule has 0 unspecified atom stereocenters. The number of nitrogens with zero attached hydrogens (tertiary/aromatic N) is 3. The minimum absolute atomic E-state index is 0.809. The molecule has 0 radical (unpaired) electrons. The normalized spacial score (nSPS) is 11.8. The number of hydrogen-bond acceptors (Lipinski definition) is 3. The second-order valence-corrected chi connectivity index (χ2v) is 6.24. The second-order valence-electron chi connectivity index (χ2n) is 5.21. The van der Waals surface area contributed by atoms with Crippen LogP contribution in [0.4, 0.5) is 0 Å². The average Bonchev–Trinajstić information content (AvgIpc) is 3.24. The van der Waals surface area contributed by atoms with Gasteiger partial charge in [0.2, 0.25) is 0 Å². The van der Waals surface area contributed by atoms with Crippen molar-refractivity contribution in [3.8, 4) is 0 Å². The van der Waals surface area contributed by atoms with Crippen molar-refractivity contribution in [1.29, 1.82) is 0 Å². The number of imidazole rings is 1. The van der Waals surface area contributed by atoms with Crippen LogP contribution < -0.4 is 10.6 Å². The van der Waals surface area contributed by atoms with Gasteiger partial charge in [0, 0.05) is 25.0 Å². The summed E-state index contributed by atoms with van der Waals surface area (Å²) in [7, 11) is 1.80. The van der Waals surface area contributed by atoms with Gasteiger partial charge in [-0.1, -0.05) is 18.2 Å². The molecule has 120 valence electrons. The third kappa shape index (κ3) is 4.10. The average molecular weight is 327 g/mol. The number of aryl methyl sites for hydroxylation is 1. The SMILES string of the molecule is CN=C(NCCCn1cnc2ccccc21)NCc1cccs1. The fraction of sp³-hybridized carbons (Fsp3) is 0.294. The Bertz CT molecular complexity index is 760. The van der Waals surface area contributed by atoms with Crippen molar-refractivity contribution in [3.63, 3.8) is 0 Å². The zero-order valence-corrected chi connectivity index (χ0v) is 14.0. The third-order valence-electron chi connectivity index (χ3n) is 3.63. The van der Waals surface area contributed by atoms with Crippen LogP contribution in [0.25, 0.3) is 11.0 Å². The molecule has 0 amide bonds. The van der Waals surface area contributed by atoms with E-state index in [0.29, 0.717) is 0 Å². The lowest BCUT2D eigenvalue weighted by Crippen LogP contribution is -2.37. The number of para-hydroxylation sites is 2. The predicted octanol–water partition coefficient (Wildman–Crippen LogP) is 2.85. The zero-order valence-electron chi connectivity index (χ0n) is 13.2. The number of rotatable bonds is 6. The van der Waals surface area contributed by atoms with Crippen LogP contribution in [0.15, 0.2) is 53.1 Å². The molecule has 0 aliphatic rings. The summed E-state index contributed by atoms with van der Waals surface area (Å²) < 4.78 is 2.19. The van der Waals surface area contributed by atoms with Crippen LogP contribution in [0, 0.1) is 0 Å². The molecule has 2 heterocycles. The van der Waals surface area contributed by atoms with Gasteiger partial charge in [-0.25, -0.2) is 4.98 Å². The monoisotopic (exact) mass is 327 g/mol. The molecule has 0 atom stereocenters. The minimum atomic E-state index is 0.809. The van der Waals surface area contributed by atoms with Crippen molar-refractivity contribution in [3.05, 3.63) is 53.0 Å². The lowest BCUT2D eigenvalue weighted by atomic mass is 10.3. The van der Waals surface area contributed by atoms with Crippen molar-refractivity contribution in [2.24, 2.45) is 4.99 Å². The number of aromatic nitrogens is 2. The van der Waals surface area contributed by atoms with Gasteiger partial charge in [-0.3, -0.25) is 4.99 Å². The van der Waals surface area contributed by atoms with Crippen LogP contribution >= 0.6 is 11.3 Å². The first-order valence-electron chi connectivity index (χ1n) is 7.73. The molecule has 0 saturated heterocycles. The number of benzene rings is 1. The van der Waals surface area contributed by atoms with E-state index in [1.54, 1.807) is 18.4 Å². The maximum Gasteiger partial charge on any atom is 0.191 e. The Labute approximate surface area is 140 Å². The molecule has 0 aliphatic heterocycles. The van der Waals surface area contributed by atoms with Gasteiger partial charge in [0.25, 0.3) is 0 Å². The van der Waals surface area contributed by atoms with Gasteiger partial charge in [-0.15, -0.1) is 11.3 Å². The van der Waals surface area contributed by atoms with E-state index < -0.39 is 0 Å². The largest absolute Gasteiger partial charge is 0.356 e. The number of aliphatic imine (C=N–C) groups is 1. The highest BCUT2D eigenvalue weighted by molar-refractivity contribution is 7.09. The Morgan fingerprint density at radius 1 is 1.22 bits per heavy atom. The molecular formula is C17H21N5S. The standard InChI is InChI=1S/C17H21N5S/c1-18-17(20-12-14-6-4-11-23-14)19-9-5-10-22-13-21-15-7-2-3-8-16(15)22/h2-4,6-8,11,13H,5,9-10,12H2,1H3,(H2,18,19,20). The smallest absolute Gasteiger partial charge is 0.191 e. The van der Waals surface area contributed by atoms with Gasteiger partial charge >= 0.3 is 0 Å². The summed E-state index contributed by atoms with van der Waals surface area (Å²) in [6.07, 6.45) is 2.93. The van der Waals surface area contributed by atoms with Gasteiger partial charge in [-0.05, 0) is 30.0 Å². The highest BCUT2D eigenvalue weighted by atomic mass is 32.1. The Morgan fingerprint density at radius 3 is 2.96 bits per heavy atom. The Balaban J connectivity index is 1.43. The molecule has 3 aromatic rings. The Kier molecular flexibility index (Phi) is 5.26. The first-order valence-corrected chi connectivity index (χ1v) is 8.61. The van der Waals surface area contributed by atoms with Crippen molar-refractivity contribution in [2.45, 2.75) is 19.5 Å². The van der Waals surface area contributed by atoms with Crippen molar-refractivity contribution >= 4 is 28.3 Å². The van der Waals surface area contributed by atoms with Gasteiger partial charge in [0.1, 0.15) is 0 Å². The molecule has 23 heavy (non-hydrogen) atoms. The number of thiophene rings is 1. The van der Waals surface area contributed by atoms with Gasteiger partial charge in [0.05, 0.1) is 23.9 Å². The highest BCUT2D eigenvalue weighted by Crippen LogP contribution is 2.11. The molecule has 2 aromatic heterocycles. The van der Waals surface area contributed by atoms with E-state index in [1.807, 2.05) is 18.5 Å². The molecule has 2 N–H and O–H groups in total. The molecule has 0 aliphatic carbocycles. The van der Waals surface area contributed by atoms with Crippen LogP contribution in [0.1, 0.15) is 11.3 Å². The minimum Gasteiger partial charge on any atom is -0.356 e. The number of guanidine groups is 1. The van der Waals surface area contributed by atoms with Crippen LogP contribution in [0.2, 0.25) is 0 Å². The zero-order chi connectivity index (χ0) is 15.9. The Morgan fingerprint density at radius 2 is 2.13 bits per heavy atom. The van der Waals surface area contributed by atoms with E-state index >= 15 is 0 Å². The fourth-order valence-electron chi connectivity index (χ4n) is 2.45. The topological polar surface area (TPSA) is 54.2 Å². The van der Waals surface area contributed by atoms with Crippen molar-refractivity contribution < 1.29 is 0 Å². The van der Waals surface area contributed by atoms with Gasteiger partial charge in [-0.2, -0.15) is 0 Å². The number of fused-ring (bicyclic) bond motifs is 1. The molecule has 6 heteroatoms. The second kappa shape index (κ2) is 7.78. The van der Waals surface area contributed by atoms with Crippen LogP contribution in [0.3, 0.4) is 0 Å². The molecule has 0 spiro atoms. The summed E-state index contributed by atoms with van der Waals surface area (Å²) in [6.45, 7) is 2.62. The highest BCUT2D eigenvalue weighted by Gasteiger charge is 2.02. The van der Waals surface area contributed by atoms with E-state index in [2.05, 4.69) is 54.8 Å². The molecule has 0 saturated carbocycles. The summed E-state index contributed by atoms with van der Waals surface area (Å²) in [4.78, 5) is 9.97. The van der Waals surface area contributed by atoms with E-state index in [4.69, 9.17) is 0 Å². The van der Waals surface area contributed by atoms with Crippen LogP contribution in [-0.2, 0) is 13.1 Å². The Hall–Kier alpha value is -2.34. The third-order valence-corrected chi connectivity index (χ3v) is 4.51. The quantitative estimate of drug-likeness (QED) is 0.416. The number of nitrogens with one attached hydrogen (secondary N) is 2. The lowest BCUT2D eigenvalue weighted by Gasteiger charge is -2.11. The first-order chi connectivity index (χ1) is 11.4. The summed E-state index contributed by atoms with van der Waals surface area (Å²) in [5.41, 5.74) is 2.24. The first kappa shape index (κ1) is 15.6. The van der Waals surface area contributed by atoms with Crippen LogP contribution in [0.5, 0.6) is 0 Å². The van der Waals surface area contributed by atoms with E-state index in [0.717, 1.165) is 37.5 Å². The molecule has 0 bridgehead atoms. The van der Waals surface area contributed by atoms with Gasteiger partial charge in [0.15, 0.2) is 5.96 Å². The summed E-state index contributed by atoms with van der Waals surface area (Å²) in [5.74, 6) is 0.842. The summed E-state index contributed by atoms with van der Waals surface area (Å²) in [6, 6.07) is 12.4. The predicted molar refractivity (Wildman–Crippen MR) is 96.9 cm³/mol. The fourth-order valence-corrected chi connectivity index (χ4v) is 3.09. The molecule has 5 nitrogen and oxygen atoms in total. The lowest BCUT2D eigenvalue weighted by molar-refractivity contribution is 0.637. The maximum absolute atomic E-state index is 4.41. The van der Waals surface area contributed by atoms with Gasteiger partial charge < -0.3 is 15.2 Å². The van der Waals surface area contributed by atoms with Crippen LogP contribution in [-0.4, -0.2) is 29.1 Å². The maximum atomic E-state index is 4.41. The van der Waals surface area contributed by atoms with Crippen molar-refractivity contribution in [1.82, 2.24) is 20.2 Å². The number of hydrogen-bond donors (Lipinski definition) is 2. The van der Waals surface area contributed by atoms with Crippen molar-refractivity contribution in [2.75, 3.05) is 13.6 Å². The van der Waals surface area contributed by atoms with E-state index in [-0.39, 0.29) is 0 Å². The summed E-state index contributed by atoms with van der Waals surface area (Å²) >= 11 is 1.75. The summed E-state index contributed by atoms with van der Waals surface area (Å²) in [5, 5.41) is 8.76. The molecule has 3 rings (SSSR count). The van der Waals surface area contributed by atoms with E-state index in [1.165, 1.54) is 10.4 Å². The van der Waals surface area contributed by atoms with E-state index in [9.17, 15) is 0 Å². The molecule has 1 aromatic carbocycles. The molecule has 0 fully saturated rings. The molecular weight excluding hydrogens is 306 g/mol.